The van der Waals surface area contributed by atoms with Crippen LogP contribution in [0.2, 0.25) is 0 Å². The molecule has 1 fully saturated rings. The van der Waals surface area contributed by atoms with E-state index in [1.54, 1.807) is 17.0 Å². The van der Waals surface area contributed by atoms with E-state index >= 15 is 0 Å². The first-order valence-corrected chi connectivity index (χ1v) is 11.0. The Morgan fingerprint density at radius 1 is 1.12 bits per heavy atom. The summed E-state index contributed by atoms with van der Waals surface area (Å²) in [5, 5.41) is 11.6. The van der Waals surface area contributed by atoms with Crippen molar-refractivity contribution in [1.82, 2.24) is 19.7 Å². The Balaban J connectivity index is 1.67. The Bertz CT molecular complexity index is 1170. The number of carbonyl (C=O) groups excluding carboxylic acids is 1. The summed E-state index contributed by atoms with van der Waals surface area (Å²) in [6, 6.07) is 11.6. The highest BCUT2D eigenvalue weighted by Gasteiger charge is 2.31. The van der Waals surface area contributed by atoms with Gasteiger partial charge in [0.25, 0.3) is 11.6 Å². The quantitative estimate of drug-likeness (QED) is 0.388. The number of hydrogen-bond donors (Lipinski definition) is 0. The fourth-order valence-corrected chi connectivity index (χ4v) is 3.85. The molecule has 1 amide bonds. The van der Waals surface area contributed by atoms with Crippen LogP contribution in [-0.4, -0.2) is 83.9 Å². The van der Waals surface area contributed by atoms with Crippen molar-refractivity contribution < 1.29 is 18.5 Å². The van der Waals surface area contributed by atoms with Crippen LogP contribution in [0.15, 0.2) is 52.9 Å². The fraction of sp³-hybridized carbons (Fsp3) is 0.333. The molecule has 1 saturated heterocycles. The summed E-state index contributed by atoms with van der Waals surface area (Å²) in [4.78, 5) is 35.1. The third-order valence-electron chi connectivity index (χ3n) is 5.79. The molecule has 1 aromatic heterocycles. The zero-order chi connectivity index (χ0) is 24.2. The number of rotatable bonds is 7. The minimum atomic E-state index is -0.521. The van der Waals surface area contributed by atoms with Crippen LogP contribution in [0.4, 0.5) is 10.1 Å². The lowest BCUT2D eigenvalue weighted by atomic mass is 10.1. The van der Waals surface area contributed by atoms with Gasteiger partial charge >= 0.3 is 0 Å². The zero-order valence-electron chi connectivity index (χ0n) is 19.1. The first kappa shape index (κ1) is 23.5. The number of hydrogen-bond acceptors (Lipinski definition) is 7. The van der Waals surface area contributed by atoms with Crippen molar-refractivity contribution in [1.29, 1.82) is 0 Å². The molecular formula is C24H26FN5O4. The van der Waals surface area contributed by atoms with E-state index in [-0.39, 0.29) is 34.5 Å². The number of para-hydroxylation sites is 1. The number of benzene rings is 2. The van der Waals surface area contributed by atoms with Crippen molar-refractivity contribution in [2.45, 2.75) is 0 Å². The predicted molar refractivity (Wildman–Crippen MR) is 125 cm³/mol. The first-order valence-electron chi connectivity index (χ1n) is 11.0. The van der Waals surface area contributed by atoms with Crippen molar-refractivity contribution in [3.8, 4) is 22.8 Å². The molecule has 0 radical (unpaired) electrons. The van der Waals surface area contributed by atoms with Gasteiger partial charge in [0.2, 0.25) is 5.89 Å². The molecule has 34 heavy (non-hydrogen) atoms. The van der Waals surface area contributed by atoms with Gasteiger partial charge in [0, 0.05) is 50.9 Å². The van der Waals surface area contributed by atoms with Crippen LogP contribution in [0.5, 0.6) is 0 Å². The molecule has 178 valence electrons. The van der Waals surface area contributed by atoms with E-state index in [1.165, 1.54) is 36.4 Å². The Labute approximate surface area is 196 Å². The van der Waals surface area contributed by atoms with E-state index in [1.807, 2.05) is 14.1 Å². The highest BCUT2D eigenvalue weighted by molar-refractivity contribution is 5.99. The lowest BCUT2D eigenvalue weighted by Gasteiger charge is -2.34. The molecule has 0 bridgehead atoms. The second kappa shape index (κ2) is 10.1. The minimum absolute atomic E-state index is 0.00960. The number of nitro groups is 1. The van der Waals surface area contributed by atoms with Crippen LogP contribution >= 0.6 is 0 Å². The largest absolute Gasteiger partial charge is 0.435 e. The average Bonchev–Trinajstić information content (AvgIpc) is 3.28. The highest BCUT2D eigenvalue weighted by Crippen LogP contribution is 2.36. The molecule has 4 rings (SSSR count). The van der Waals surface area contributed by atoms with Gasteiger partial charge in [0.1, 0.15) is 5.82 Å². The van der Waals surface area contributed by atoms with Crippen LogP contribution in [0.3, 0.4) is 0 Å². The molecule has 3 aromatic rings. The van der Waals surface area contributed by atoms with Crippen LogP contribution < -0.4 is 0 Å². The summed E-state index contributed by atoms with van der Waals surface area (Å²) in [5.41, 5.74) is 0.456. The van der Waals surface area contributed by atoms with Crippen molar-refractivity contribution in [3.63, 3.8) is 0 Å². The average molecular weight is 468 g/mol. The highest BCUT2D eigenvalue weighted by atomic mass is 19.1. The molecular weight excluding hydrogens is 441 g/mol. The minimum Gasteiger partial charge on any atom is -0.435 e. The number of nitrogens with zero attached hydrogens (tertiary/aromatic N) is 5. The molecule has 0 unspecified atom stereocenters. The first-order chi connectivity index (χ1) is 16.3. The number of amides is 1. The third-order valence-corrected chi connectivity index (χ3v) is 5.79. The maximum absolute atomic E-state index is 13.5. The van der Waals surface area contributed by atoms with Crippen molar-refractivity contribution >= 4 is 11.6 Å². The van der Waals surface area contributed by atoms with Crippen LogP contribution in [0.1, 0.15) is 10.5 Å². The number of carbonyl (C=O) groups is 1. The van der Waals surface area contributed by atoms with Crippen LogP contribution in [0, 0.1) is 15.9 Å². The van der Waals surface area contributed by atoms with Gasteiger partial charge in [-0.15, -0.1) is 0 Å². The molecule has 10 heteroatoms. The zero-order valence-corrected chi connectivity index (χ0v) is 19.1. The third kappa shape index (κ3) is 5.13. The van der Waals surface area contributed by atoms with E-state index in [0.29, 0.717) is 18.7 Å². The lowest BCUT2D eigenvalue weighted by Crippen LogP contribution is -2.50. The Kier molecular flexibility index (Phi) is 6.99. The molecule has 0 spiro atoms. The second-order valence-electron chi connectivity index (χ2n) is 8.42. The maximum Gasteiger partial charge on any atom is 0.280 e. The van der Waals surface area contributed by atoms with Gasteiger partial charge in [-0.05, 0) is 44.4 Å². The number of oxazole rings is 1. The van der Waals surface area contributed by atoms with Gasteiger partial charge in [-0.2, -0.15) is 0 Å². The summed E-state index contributed by atoms with van der Waals surface area (Å²) in [6.45, 7) is 4.32. The summed E-state index contributed by atoms with van der Waals surface area (Å²) >= 11 is 0. The molecule has 0 saturated carbocycles. The predicted octanol–water partition coefficient (Wildman–Crippen LogP) is 3.38. The standard InChI is InChI=1S/C24H26FN5O4/c1-27(2)11-12-28-13-15-29(16-14-28)24(31)21-22(19-5-3-4-6-20(19)30(32)33)34-23(26-21)17-7-9-18(25)10-8-17/h3-10H,11-16H2,1-2H3. The molecule has 0 atom stereocenters. The SMILES string of the molecule is CN(C)CCN1CCN(C(=O)c2nc(-c3ccc(F)cc3)oc2-c2ccccc2[N+](=O)[O-])CC1. The summed E-state index contributed by atoms with van der Waals surface area (Å²) in [6.07, 6.45) is 0. The van der Waals surface area contributed by atoms with Gasteiger partial charge in [-0.25, -0.2) is 9.37 Å². The molecule has 0 N–H and O–H groups in total. The lowest BCUT2D eigenvalue weighted by molar-refractivity contribution is -0.384. The normalized spacial score (nSPS) is 14.5. The van der Waals surface area contributed by atoms with E-state index in [9.17, 15) is 19.3 Å². The number of halogens is 1. The summed E-state index contributed by atoms with van der Waals surface area (Å²) in [5.74, 6) is -0.636. The van der Waals surface area contributed by atoms with Gasteiger partial charge < -0.3 is 14.2 Å². The van der Waals surface area contributed by atoms with Gasteiger partial charge in [0.15, 0.2) is 11.5 Å². The van der Waals surface area contributed by atoms with E-state index in [2.05, 4.69) is 14.8 Å². The number of likely N-dealkylation sites (N-methyl/N-ethyl adjacent to an activating group) is 1. The monoisotopic (exact) mass is 467 g/mol. The smallest absolute Gasteiger partial charge is 0.280 e. The number of piperazine rings is 1. The second-order valence-corrected chi connectivity index (χ2v) is 8.42. The van der Waals surface area contributed by atoms with Crippen LogP contribution in [-0.2, 0) is 0 Å². The Morgan fingerprint density at radius 3 is 2.44 bits per heavy atom. The van der Waals surface area contributed by atoms with Crippen molar-refractivity contribution in [2.24, 2.45) is 0 Å². The van der Waals surface area contributed by atoms with E-state index < -0.39 is 10.7 Å². The summed E-state index contributed by atoms with van der Waals surface area (Å²) < 4.78 is 19.3. The number of aromatic nitrogens is 1. The van der Waals surface area contributed by atoms with Gasteiger partial charge in [0.05, 0.1) is 10.5 Å². The fourth-order valence-electron chi connectivity index (χ4n) is 3.85. The van der Waals surface area contributed by atoms with Crippen LogP contribution in [0.25, 0.3) is 22.8 Å². The molecule has 1 aliphatic rings. The van der Waals surface area contributed by atoms with Crippen molar-refractivity contribution in [2.75, 3.05) is 53.4 Å². The Hall–Kier alpha value is -3.63. The maximum atomic E-state index is 13.5. The van der Waals surface area contributed by atoms with Gasteiger partial charge in [-0.3, -0.25) is 19.8 Å². The number of nitro benzene ring substituents is 1. The van der Waals surface area contributed by atoms with E-state index in [4.69, 9.17) is 4.42 Å². The summed E-state index contributed by atoms with van der Waals surface area (Å²) in [7, 11) is 4.04. The topological polar surface area (TPSA) is 96.0 Å². The molecule has 9 nitrogen and oxygen atoms in total. The molecule has 1 aliphatic heterocycles. The Morgan fingerprint density at radius 2 is 1.79 bits per heavy atom. The van der Waals surface area contributed by atoms with Gasteiger partial charge in [-0.1, -0.05) is 12.1 Å². The van der Waals surface area contributed by atoms with E-state index in [0.717, 1.165) is 26.2 Å². The van der Waals surface area contributed by atoms with Crippen molar-refractivity contribution in [3.05, 3.63) is 70.2 Å². The molecule has 2 aromatic carbocycles. The molecule has 0 aliphatic carbocycles. The molecule has 2 heterocycles.